The molecule has 1 saturated heterocycles. The molecule has 2 N–H and O–H groups in total. The fourth-order valence-corrected chi connectivity index (χ4v) is 3.66. The molecule has 1 aliphatic rings. The average molecular weight is 327 g/mol. The van der Waals surface area contributed by atoms with E-state index in [1.165, 1.54) is 32.5 Å². The van der Waals surface area contributed by atoms with Crippen LogP contribution in [-0.4, -0.2) is 54.6 Å². The SMILES string of the molecule is CC(CN1CCCC1)CN(C)c1nc(CCN)nc2ccccc12. The van der Waals surface area contributed by atoms with Crippen LogP contribution in [0.1, 0.15) is 25.6 Å². The third-order valence-corrected chi connectivity index (χ3v) is 4.71. The lowest BCUT2D eigenvalue weighted by Crippen LogP contribution is -2.33. The number of nitrogens with zero attached hydrogens (tertiary/aromatic N) is 4. The van der Waals surface area contributed by atoms with Crippen molar-refractivity contribution in [3.63, 3.8) is 0 Å². The molecule has 1 atom stereocenters. The van der Waals surface area contributed by atoms with Crippen molar-refractivity contribution in [2.45, 2.75) is 26.2 Å². The van der Waals surface area contributed by atoms with Gasteiger partial charge in [0.15, 0.2) is 0 Å². The summed E-state index contributed by atoms with van der Waals surface area (Å²) in [5, 5.41) is 1.12. The molecule has 1 aliphatic heterocycles. The molecule has 3 rings (SSSR count). The van der Waals surface area contributed by atoms with Crippen LogP contribution < -0.4 is 10.6 Å². The molecule has 0 amide bonds. The Labute approximate surface area is 144 Å². The Morgan fingerprint density at radius 3 is 2.71 bits per heavy atom. The summed E-state index contributed by atoms with van der Waals surface area (Å²) >= 11 is 0. The van der Waals surface area contributed by atoms with Crippen LogP contribution in [-0.2, 0) is 6.42 Å². The van der Waals surface area contributed by atoms with E-state index in [-0.39, 0.29) is 0 Å². The predicted octanol–water partition coefficient (Wildman–Crippen LogP) is 2.30. The molecule has 0 spiro atoms. The topological polar surface area (TPSA) is 58.3 Å². The van der Waals surface area contributed by atoms with Crippen molar-refractivity contribution in [1.82, 2.24) is 14.9 Å². The van der Waals surface area contributed by atoms with E-state index in [1.54, 1.807) is 0 Å². The highest BCUT2D eigenvalue weighted by molar-refractivity contribution is 5.89. The number of anilines is 1. The predicted molar refractivity (Wildman–Crippen MR) is 100 cm³/mol. The Bertz CT molecular complexity index is 666. The quantitative estimate of drug-likeness (QED) is 0.845. The number of hydrogen-bond donors (Lipinski definition) is 1. The molecule has 0 bridgehead atoms. The van der Waals surface area contributed by atoms with Gasteiger partial charge in [-0.25, -0.2) is 9.97 Å². The number of hydrogen-bond acceptors (Lipinski definition) is 5. The Kier molecular flexibility index (Phi) is 5.63. The van der Waals surface area contributed by atoms with Crippen LogP contribution in [0.25, 0.3) is 10.9 Å². The van der Waals surface area contributed by atoms with Gasteiger partial charge in [-0.1, -0.05) is 19.1 Å². The lowest BCUT2D eigenvalue weighted by atomic mass is 10.1. The van der Waals surface area contributed by atoms with Gasteiger partial charge in [0.1, 0.15) is 11.6 Å². The molecule has 1 aromatic heterocycles. The summed E-state index contributed by atoms with van der Waals surface area (Å²) in [6.45, 7) is 7.59. The first-order valence-electron chi connectivity index (χ1n) is 9.06. The zero-order valence-electron chi connectivity index (χ0n) is 14.9. The number of likely N-dealkylation sites (tertiary alicyclic amines) is 1. The molecule has 5 nitrogen and oxygen atoms in total. The van der Waals surface area contributed by atoms with E-state index in [2.05, 4.69) is 47.0 Å². The number of fused-ring (bicyclic) bond motifs is 1. The average Bonchev–Trinajstić information content (AvgIpc) is 3.07. The second-order valence-electron chi connectivity index (χ2n) is 7.01. The van der Waals surface area contributed by atoms with Crippen LogP contribution >= 0.6 is 0 Å². The zero-order valence-corrected chi connectivity index (χ0v) is 14.9. The van der Waals surface area contributed by atoms with Gasteiger partial charge in [0.25, 0.3) is 0 Å². The van der Waals surface area contributed by atoms with E-state index in [9.17, 15) is 0 Å². The molecule has 2 heterocycles. The molecule has 1 fully saturated rings. The summed E-state index contributed by atoms with van der Waals surface area (Å²) in [4.78, 5) is 14.3. The highest BCUT2D eigenvalue weighted by Gasteiger charge is 2.18. The second kappa shape index (κ2) is 7.90. The third kappa shape index (κ3) is 4.02. The Hall–Kier alpha value is -1.72. The number of para-hydroxylation sites is 1. The maximum absolute atomic E-state index is 5.70. The molecule has 1 unspecified atom stereocenters. The zero-order chi connectivity index (χ0) is 16.9. The molecule has 0 aliphatic carbocycles. The van der Waals surface area contributed by atoms with Crippen molar-refractivity contribution >= 4 is 16.7 Å². The molecule has 130 valence electrons. The Morgan fingerprint density at radius 2 is 1.96 bits per heavy atom. The highest BCUT2D eigenvalue weighted by Crippen LogP contribution is 2.24. The van der Waals surface area contributed by atoms with E-state index >= 15 is 0 Å². The van der Waals surface area contributed by atoms with Crippen LogP contribution in [0.2, 0.25) is 0 Å². The molecule has 2 aromatic rings. The van der Waals surface area contributed by atoms with E-state index < -0.39 is 0 Å². The van der Waals surface area contributed by atoms with E-state index in [0.29, 0.717) is 12.5 Å². The maximum atomic E-state index is 5.70. The first kappa shape index (κ1) is 17.1. The largest absolute Gasteiger partial charge is 0.359 e. The summed E-state index contributed by atoms with van der Waals surface area (Å²) in [5.74, 6) is 2.47. The first-order valence-corrected chi connectivity index (χ1v) is 9.06. The van der Waals surface area contributed by atoms with Gasteiger partial charge in [0.2, 0.25) is 0 Å². The van der Waals surface area contributed by atoms with Gasteiger partial charge in [-0.05, 0) is 50.5 Å². The second-order valence-corrected chi connectivity index (χ2v) is 7.01. The van der Waals surface area contributed by atoms with Crippen molar-refractivity contribution in [3.05, 3.63) is 30.1 Å². The molecule has 24 heavy (non-hydrogen) atoms. The van der Waals surface area contributed by atoms with E-state index in [4.69, 9.17) is 10.7 Å². The monoisotopic (exact) mass is 327 g/mol. The molecule has 0 saturated carbocycles. The van der Waals surface area contributed by atoms with Crippen molar-refractivity contribution in [1.29, 1.82) is 0 Å². The fourth-order valence-electron chi connectivity index (χ4n) is 3.66. The van der Waals surface area contributed by atoms with E-state index in [1.807, 2.05) is 6.07 Å². The van der Waals surface area contributed by atoms with Gasteiger partial charge >= 0.3 is 0 Å². The summed E-state index contributed by atoms with van der Waals surface area (Å²) in [7, 11) is 2.14. The highest BCUT2D eigenvalue weighted by atomic mass is 15.2. The van der Waals surface area contributed by atoms with Gasteiger partial charge in [0.05, 0.1) is 5.52 Å². The van der Waals surface area contributed by atoms with Gasteiger partial charge in [0, 0.05) is 31.9 Å². The van der Waals surface area contributed by atoms with Gasteiger partial charge < -0.3 is 15.5 Å². The van der Waals surface area contributed by atoms with Crippen LogP contribution in [0.4, 0.5) is 5.82 Å². The smallest absolute Gasteiger partial charge is 0.139 e. The number of rotatable bonds is 7. The minimum Gasteiger partial charge on any atom is -0.359 e. The summed E-state index contributed by atoms with van der Waals surface area (Å²) in [6.07, 6.45) is 3.41. The Balaban J connectivity index is 1.78. The van der Waals surface area contributed by atoms with Crippen LogP contribution in [0.5, 0.6) is 0 Å². The summed E-state index contributed by atoms with van der Waals surface area (Å²) in [5.41, 5.74) is 6.71. The standard InChI is InChI=1S/C19H29N5/c1-15(14-24-11-5-6-12-24)13-23(2)19-16-7-3-4-8-17(16)21-18(22-19)9-10-20/h3-4,7-8,15H,5-6,9-14,20H2,1-2H3. The fraction of sp³-hybridized carbons (Fsp3) is 0.579. The lowest BCUT2D eigenvalue weighted by Gasteiger charge is -2.27. The van der Waals surface area contributed by atoms with Crippen LogP contribution in [0.3, 0.4) is 0 Å². The van der Waals surface area contributed by atoms with Crippen molar-refractivity contribution in [2.75, 3.05) is 44.7 Å². The van der Waals surface area contributed by atoms with Crippen LogP contribution in [0.15, 0.2) is 24.3 Å². The molecule has 0 radical (unpaired) electrons. The Morgan fingerprint density at radius 1 is 1.21 bits per heavy atom. The van der Waals surface area contributed by atoms with Gasteiger partial charge in [-0.3, -0.25) is 0 Å². The normalized spacial score (nSPS) is 16.6. The molecular formula is C19H29N5. The summed E-state index contributed by atoms with van der Waals surface area (Å²) in [6, 6.07) is 8.25. The van der Waals surface area contributed by atoms with Crippen molar-refractivity contribution in [2.24, 2.45) is 11.7 Å². The third-order valence-electron chi connectivity index (χ3n) is 4.71. The maximum Gasteiger partial charge on any atom is 0.139 e. The minimum atomic E-state index is 0.576. The molecular weight excluding hydrogens is 298 g/mol. The summed E-state index contributed by atoms with van der Waals surface area (Å²) < 4.78 is 0. The van der Waals surface area contributed by atoms with Crippen molar-refractivity contribution < 1.29 is 0 Å². The minimum absolute atomic E-state index is 0.576. The first-order chi connectivity index (χ1) is 11.7. The van der Waals surface area contributed by atoms with Gasteiger partial charge in [-0.2, -0.15) is 0 Å². The van der Waals surface area contributed by atoms with Crippen LogP contribution in [0, 0.1) is 5.92 Å². The van der Waals surface area contributed by atoms with E-state index in [0.717, 1.165) is 35.5 Å². The number of nitrogens with two attached hydrogens (primary N) is 1. The molecule has 1 aromatic carbocycles. The molecule has 5 heteroatoms. The lowest BCUT2D eigenvalue weighted by molar-refractivity contribution is 0.290. The number of aromatic nitrogens is 2. The van der Waals surface area contributed by atoms with Gasteiger partial charge in [-0.15, -0.1) is 0 Å². The number of benzene rings is 1. The van der Waals surface area contributed by atoms with Crippen molar-refractivity contribution in [3.8, 4) is 0 Å².